The van der Waals surface area contributed by atoms with Crippen LogP contribution in [-0.4, -0.2) is 11.9 Å². The molecule has 1 amide bonds. The largest absolute Gasteiger partial charge is 0.349 e. The summed E-state index contributed by atoms with van der Waals surface area (Å²) in [5.74, 6) is 0.0338. The molecule has 0 saturated heterocycles. The fourth-order valence-electron chi connectivity index (χ4n) is 2.00. The predicted octanol–water partition coefficient (Wildman–Crippen LogP) is 3.03. The maximum Gasteiger partial charge on any atom is 0.251 e. The minimum atomic E-state index is -0.406. The van der Waals surface area contributed by atoms with Gasteiger partial charge in [-0.1, -0.05) is 6.42 Å². The van der Waals surface area contributed by atoms with Crippen LogP contribution in [0.2, 0.25) is 0 Å². The van der Waals surface area contributed by atoms with Crippen molar-refractivity contribution in [1.82, 2.24) is 5.32 Å². The number of thiol groups is 1. The van der Waals surface area contributed by atoms with E-state index < -0.39 is 5.82 Å². The van der Waals surface area contributed by atoms with Gasteiger partial charge in [-0.15, -0.1) is 12.6 Å². The molecule has 0 heterocycles. The fraction of sp³-hybridized carbons (Fsp3) is 0.462. The number of carbonyl (C=O) groups is 1. The zero-order chi connectivity index (χ0) is 12.4. The lowest BCUT2D eigenvalue weighted by Crippen LogP contribution is -2.40. The van der Waals surface area contributed by atoms with Gasteiger partial charge in [0, 0.05) is 16.5 Å². The molecule has 0 radical (unpaired) electrons. The molecule has 0 aliphatic heterocycles. The molecule has 0 bridgehead atoms. The maximum atomic E-state index is 13.0. The Kier molecular flexibility index (Phi) is 3.72. The van der Waals surface area contributed by atoms with Gasteiger partial charge in [0.05, 0.1) is 0 Å². The van der Waals surface area contributed by atoms with Crippen molar-refractivity contribution in [3.05, 3.63) is 29.6 Å². The van der Waals surface area contributed by atoms with Crippen molar-refractivity contribution in [2.75, 3.05) is 0 Å². The molecule has 1 unspecified atom stereocenters. The molecule has 1 saturated carbocycles. The monoisotopic (exact) mass is 253 g/mol. The van der Waals surface area contributed by atoms with Crippen LogP contribution in [-0.2, 0) is 0 Å². The first-order chi connectivity index (χ1) is 8.08. The normalized spacial score (nSPS) is 17.4. The molecule has 1 aromatic carbocycles. The summed E-state index contributed by atoms with van der Waals surface area (Å²) < 4.78 is 13.0. The zero-order valence-electron chi connectivity index (χ0n) is 9.74. The number of hydrogen-bond donors (Lipinski definition) is 2. The molecule has 1 aromatic rings. The van der Waals surface area contributed by atoms with Crippen LogP contribution in [0.1, 0.15) is 36.5 Å². The van der Waals surface area contributed by atoms with Gasteiger partial charge in [0.2, 0.25) is 0 Å². The highest BCUT2D eigenvalue weighted by Gasteiger charge is 2.25. The molecule has 1 atom stereocenters. The molecule has 1 fully saturated rings. The summed E-state index contributed by atoms with van der Waals surface area (Å²) >= 11 is 3.97. The van der Waals surface area contributed by atoms with E-state index in [1.54, 1.807) is 0 Å². The van der Waals surface area contributed by atoms with E-state index in [0.29, 0.717) is 11.5 Å². The number of amides is 1. The molecule has 2 nitrogen and oxygen atoms in total. The predicted molar refractivity (Wildman–Crippen MR) is 67.9 cm³/mol. The van der Waals surface area contributed by atoms with E-state index in [0.717, 1.165) is 0 Å². The van der Waals surface area contributed by atoms with Gasteiger partial charge in [-0.05, 0) is 43.9 Å². The molecular formula is C13H16FNOS. The summed E-state index contributed by atoms with van der Waals surface area (Å²) in [6.45, 7) is 2.02. The van der Waals surface area contributed by atoms with Crippen LogP contribution in [0.15, 0.2) is 23.1 Å². The Morgan fingerprint density at radius 3 is 2.76 bits per heavy atom. The van der Waals surface area contributed by atoms with Crippen molar-refractivity contribution < 1.29 is 9.18 Å². The summed E-state index contributed by atoms with van der Waals surface area (Å²) in [5, 5.41) is 2.95. The molecule has 92 valence electrons. The van der Waals surface area contributed by atoms with Crippen LogP contribution in [0.25, 0.3) is 0 Å². The second-order valence-corrected chi connectivity index (χ2v) is 5.10. The van der Waals surface area contributed by atoms with E-state index in [4.69, 9.17) is 0 Å². The summed E-state index contributed by atoms with van der Waals surface area (Å²) in [4.78, 5) is 12.1. The first-order valence-electron chi connectivity index (χ1n) is 5.87. The molecular weight excluding hydrogens is 237 g/mol. The van der Waals surface area contributed by atoms with Crippen LogP contribution in [0, 0.1) is 11.7 Å². The second kappa shape index (κ2) is 5.08. The third kappa shape index (κ3) is 2.80. The van der Waals surface area contributed by atoms with Crippen molar-refractivity contribution in [1.29, 1.82) is 0 Å². The number of carbonyl (C=O) groups excluding carboxylic acids is 1. The zero-order valence-corrected chi connectivity index (χ0v) is 10.6. The second-order valence-electron chi connectivity index (χ2n) is 4.62. The average Bonchev–Trinajstić information content (AvgIpc) is 2.19. The molecule has 4 heteroatoms. The average molecular weight is 253 g/mol. The van der Waals surface area contributed by atoms with Crippen LogP contribution in [0.5, 0.6) is 0 Å². The van der Waals surface area contributed by atoms with Gasteiger partial charge in [-0.3, -0.25) is 4.79 Å². The standard InChI is InChI=1S/C13H16FNOS/c1-8(9-3-2-4-9)15-13(16)10-5-6-11(14)12(17)7-10/h5-9,17H,2-4H2,1H3,(H,15,16). The number of halogens is 1. The van der Waals surface area contributed by atoms with E-state index in [2.05, 4.69) is 17.9 Å². The van der Waals surface area contributed by atoms with E-state index in [9.17, 15) is 9.18 Å². The van der Waals surface area contributed by atoms with Crippen molar-refractivity contribution in [3.8, 4) is 0 Å². The SMILES string of the molecule is CC(NC(=O)c1ccc(F)c(S)c1)C1CCC1. The van der Waals surface area contributed by atoms with Gasteiger partial charge in [0.1, 0.15) is 5.82 Å². The van der Waals surface area contributed by atoms with Crippen LogP contribution < -0.4 is 5.32 Å². The molecule has 1 aliphatic carbocycles. The lowest BCUT2D eigenvalue weighted by atomic mass is 9.80. The number of nitrogens with one attached hydrogen (secondary N) is 1. The highest BCUT2D eigenvalue weighted by atomic mass is 32.1. The Morgan fingerprint density at radius 2 is 2.24 bits per heavy atom. The molecule has 0 spiro atoms. The Morgan fingerprint density at radius 1 is 1.53 bits per heavy atom. The summed E-state index contributed by atoms with van der Waals surface area (Å²) in [6, 6.07) is 4.40. The Bertz CT molecular complexity index is 431. The first kappa shape index (κ1) is 12.4. The Balaban J connectivity index is 2.01. The maximum absolute atomic E-state index is 13.0. The van der Waals surface area contributed by atoms with Crippen LogP contribution >= 0.6 is 12.6 Å². The summed E-state index contributed by atoms with van der Waals surface area (Å²) in [5.41, 5.74) is 0.461. The molecule has 1 N–H and O–H groups in total. The highest BCUT2D eigenvalue weighted by Crippen LogP contribution is 2.29. The molecule has 17 heavy (non-hydrogen) atoms. The Labute approximate surface area is 106 Å². The van der Waals surface area contributed by atoms with E-state index in [1.807, 2.05) is 6.92 Å². The van der Waals surface area contributed by atoms with Crippen LogP contribution in [0.4, 0.5) is 4.39 Å². The quantitative estimate of drug-likeness (QED) is 0.797. The molecule has 2 rings (SSSR count). The molecule has 1 aliphatic rings. The van der Waals surface area contributed by atoms with E-state index >= 15 is 0 Å². The smallest absolute Gasteiger partial charge is 0.251 e. The van der Waals surface area contributed by atoms with Gasteiger partial charge in [0.25, 0.3) is 5.91 Å². The summed E-state index contributed by atoms with van der Waals surface area (Å²) in [7, 11) is 0. The number of benzene rings is 1. The number of hydrogen-bond acceptors (Lipinski definition) is 2. The topological polar surface area (TPSA) is 29.1 Å². The van der Waals surface area contributed by atoms with E-state index in [1.165, 1.54) is 37.5 Å². The minimum Gasteiger partial charge on any atom is -0.349 e. The third-order valence-electron chi connectivity index (χ3n) is 3.42. The third-order valence-corrected chi connectivity index (χ3v) is 3.77. The van der Waals surface area contributed by atoms with Gasteiger partial charge in [-0.25, -0.2) is 4.39 Å². The van der Waals surface area contributed by atoms with Gasteiger partial charge >= 0.3 is 0 Å². The fourth-order valence-corrected chi connectivity index (χ4v) is 2.22. The van der Waals surface area contributed by atoms with Crippen molar-refractivity contribution in [2.24, 2.45) is 5.92 Å². The van der Waals surface area contributed by atoms with Crippen molar-refractivity contribution in [2.45, 2.75) is 37.1 Å². The highest BCUT2D eigenvalue weighted by molar-refractivity contribution is 7.80. The van der Waals surface area contributed by atoms with Crippen molar-refractivity contribution in [3.63, 3.8) is 0 Å². The van der Waals surface area contributed by atoms with E-state index in [-0.39, 0.29) is 16.8 Å². The lowest BCUT2D eigenvalue weighted by molar-refractivity contribution is 0.0909. The van der Waals surface area contributed by atoms with Gasteiger partial charge in [-0.2, -0.15) is 0 Å². The Hall–Kier alpha value is -1.03. The summed E-state index contributed by atoms with van der Waals surface area (Å²) in [6.07, 6.45) is 3.62. The first-order valence-corrected chi connectivity index (χ1v) is 6.32. The van der Waals surface area contributed by atoms with Gasteiger partial charge < -0.3 is 5.32 Å². The van der Waals surface area contributed by atoms with Crippen molar-refractivity contribution >= 4 is 18.5 Å². The lowest BCUT2D eigenvalue weighted by Gasteiger charge is -2.31. The van der Waals surface area contributed by atoms with Crippen LogP contribution in [0.3, 0.4) is 0 Å². The number of rotatable bonds is 3. The van der Waals surface area contributed by atoms with Gasteiger partial charge in [0.15, 0.2) is 0 Å². The minimum absolute atomic E-state index is 0.153. The molecule has 0 aromatic heterocycles.